The summed E-state index contributed by atoms with van der Waals surface area (Å²) in [6.07, 6.45) is 1.50. The topological polar surface area (TPSA) is 20.2 Å². The third-order valence-electron chi connectivity index (χ3n) is 2.37. The van der Waals surface area contributed by atoms with E-state index in [1.54, 1.807) is 23.1 Å². The van der Waals surface area contributed by atoms with Crippen LogP contribution in [0.1, 0.15) is 17.2 Å². The molecular formula is C12H11BrOS2. The van der Waals surface area contributed by atoms with Crippen molar-refractivity contribution in [2.45, 2.75) is 11.0 Å². The maximum Gasteiger partial charge on any atom is 0.106 e. The maximum atomic E-state index is 10.2. The average molecular weight is 315 g/mol. The Morgan fingerprint density at radius 3 is 2.44 bits per heavy atom. The molecule has 1 aromatic heterocycles. The monoisotopic (exact) mass is 314 g/mol. The van der Waals surface area contributed by atoms with Crippen molar-refractivity contribution in [2.75, 3.05) is 6.26 Å². The van der Waals surface area contributed by atoms with E-state index in [1.807, 2.05) is 41.3 Å². The second-order valence-electron chi connectivity index (χ2n) is 3.35. The molecule has 0 saturated heterocycles. The minimum absolute atomic E-state index is 0.545. The first-order valence-corrected chi connectivity index (χ1v) is 7.72. The molecular weight excluding hydrogens is 304 g/mol. The largest absolute Gasteiger partial charge is 0.384 e. The average Bonchev–Trinajstić information content (AvgIpc) is 2.75. The van der Waals surface area contributed by atoms with Crippen molar-refractivity contribution >= 4 is 39.0 Å². The molecule has 0 aliphatic rings. The van der Waals surface area contributed by atoms with Crippen LogP contribution in [0.2, 0.25) is 0 Å². The second kappa shape index (κ2) is 5.36. The van der Waals surface area contributed by atoms with Crippen LogP contribution in [-0.2, 0) is 0 Å². The van der Waals surface area contributed by atoms with Crippen molar-refractivity contribution in [1.82, 2.24) is 0 Å². The number of hydrogen-bond donors (Lipinski definition) is 1. The molecule has 2 aromatic rings. The Balaban J connectivity index is 2.27. The number of halogens is 1. The lowest BCUT2D eigenvalue weighted by Gasteiger charge is -2.10. The summed E-state index contributed by atoms with van der Waals surface area (Å²) in [5.41, 5.74) is 1.86. The molecule has 0 spiro atoms. The van der Waals surface area contributed by atoms with Crippen LogP contribution < -0.4 is 0 Å². The van der Waals surface area contributed by atoms with E-state index in [0.717, 1.165) is 15.6 Å². The first-order valence-electron chi connectivity index (χ1n) is 4.76. The number of aliphatic hydroxyl groups excluding tert-OH is 1. The van der Waals surface area contributed by atoms with Gasteiger partial charge in [0, 0.05) is 20.3 Å². The summed E-state index contributed by atoms with van der Waals surface area (Å²) in [6, 6.07) is 8.01. The Bertz CT molecular complexity index is 464. The van der Waals surface area contributed by atoms with Crippen LogP contribution in [-0.4, -0.2) is 11.4 Å². The van der Waals surface area contributed by atoms with Gasteiger partial charge in [-0.05, 0) is 45.3 Å². The third kappa shape index (κ3) is 2.51. The molecule has 84 valence electrons. The van der Waals surface area contributed by atoms with E-state index in [2.05, 4.69) is 15.9 Å². The molecule has 1 atom stereocenters. The molecule has 0 aliphatic heterocycles. The lowest BCUT2D eigenvalue weighted by Crippen LogP contribution is -1.98. The van der Waals surface area contributed by atoms with Gasteiger partial charge >= 0.3 is 0 Å². The van der Waals surface area contributed by atoms with Crippen LogP contribution in [0.4, 0.5) is 0 Å². The van der Waals surface area contributed by atoms with E-state index in [9.17, 15) is 5.11 Å². The molecule has 0 fully saturated rings. The fourth-order valence-corrected chi connectivity index (χ4v) is 3.39. The molecule has 4 heteroatoms. The van der Waals surface area contributed by atoms with Gasteiger partial charge in [-0.3, -0.25) is 0 Å². The Morgan fingerprint density at radius 1 is 1.25 bits per heavy atom. The molecule has 1 N–H and O–H groups in total. The molecule has 0 saturated carbocycles. The fourth-order valence-electron chi connectivity index (χ4n) is 1.45. The summed E-state index contributed by atoms with van der Waals surface area (Å²) in [5, 5.41) is 14.1. The van der Waals surface area contributed by atoms with Crippen LogP contribution in [0.5, 0.6) is 0 Å². The Hall–Kier alpha value is -0.290. The van der Waals surface area contributed by atoms with Crippen molar-refractivity contribution in [2.24, 2.45) is 0 Å². The predicted octanol–water partition coefficient (Wildman–Crippen LogP) is 4.31. The van der Waals surface area contributed by atoms with Gasteiger partial charge in [0.05, 0.1) is 0 Å². The lowest BCUT2D eigenvalue weighted by molar-refractivity contribution is 0.220. The van der Waals surface area contributed by atoms with Crippen LogP contribution in [0.3, 0.4) is 0 Å². The van der Waals surface area contributed by atoms with Crippen molar-refractivity contribution in [3.63, 3.8) is 0 Å². The predicted molar refractivity (Wildman–Crippen MR) is 74.3 cm³/mol. The minimum Gasteiger partial charge on any atom is -0.384 e. The van der Waals surface area contributed by atoms with Gasteiger partial charge in [0.2, 0.25) is 0 Å². The van der Waals surface area contributed by atoms with E-state index in [-0.39, 0.29) is 0 Å². The highest BCUT2D eigenvalue weighted by molar-refractivity contribution is 9.10. The smallest absolute Gasteiger partial charge is 0.106 e. The first kappa shape index (κ1) is 12.2. The summed E-state index contributed by atoms with van der Waals surface area (Å²) in [6.45, 7) is 0. The maximum absolute atomic E-state index is 10.2. The molecule has 0 radical (unpaired) electrons. The van der Waals surface area contributed by atoms with E-state index in [0.29, 0.717) is 0 Å². The van der Waals surface area contributed by atoms with Gasteiger partial charge in [-0.1, -0.05) is 12.1 Å². The number of thiophene rings is 1. The van der Waals surface area contributed by atoms with E-state index in [4.69, 9.17) is 0 Å². The van der Waals surface area contributed by atoms with Gasteiger partial charge in [-0.15, -0.1) is 11.8 Å². The highest BCUT2D eigenvalue weighted by atomic mass is 79.9. The Labute approximate surface area is 112 Å². The molecule has 16 heavy (non-hydrogen) atoms. The molecule has 1 heterocycles. The van der Waals surface area contributed by atoms with E-state index >= 15 is 0 Å². The first-order chi connectivity index (χ1) is 7.72. The molecule has 0 aliphatic carbocycles. The number of thioether (sulfide) groups is 1. The van der Waals surface area contributed by atoms with Gasteiger partial charge in [-0.25, -0.2) is 0 Å². The van der Waals surface area contributed by atoms with Crippen LogP contribution in [0.25, 0.3) is 0 Å². The Kier molecular flexibility index (Phi) is 4.08. The number of aliphatic hydroxyl groups is 1. The zero-order chi connectivity index (χ0) is 11.5. The molecule has 2 rings (SSSR count). The summed E-state index contributed by atoms with van der Waals surface area (Å²) in [7, 11) is 0. The zero-order valence-electron chi connectivity index (χ0n) is 8.68. The number of benzene rings is 1. The molecule has 1 nitrogen and oxygen atoms in total. The van der Waals surface area contributed by atoms with Crippen LogP contribution >= 0.6 is 39.0 Å². The third-order valence-corrected chi connectivity index (χ3v) is 4.86. The van der Waals surface area contributed by atoms with Crippen molar-refractivity contribution in [1.29, 1.82) is 0 Å². The SMILES string of the molecule is CSc1ccc(C(O)c2cscc2Br)cc1. The fraction of sp³-hybridized carbons (Fsp3) is 0.167. The van der Waals surface area contributed by atoms with Crippen LogP contribution in [0.15, 0.2) is 44.4 Å². The van der Waals surface area contributed by atoms with Crippen molar-refractivity contribution < 1.29 is 5.11 Å². The minimum atomic E-state index is -0.545. The lowest BCUT2D eigenvalue weighted by atomic mass is 10.0. The van der Waals surface area contributed by atoms with Gasteiger partial charge in [-0.2, -0.15) is 11.3 Å². The highest BCUT2D eigenvalue weighted by Gasteiger charge is 2.14. The number of hydrogen-bond acceptors (Lipinski definition) is 3. The quantitative estimate of drug-likeness (QED) is 0.852. The van der Waals surface area contributed by atoms with Gasteiger partial charge in [0.25, 0.3) is 0 Å². The zero-order valence-corrected chi connectivity index (χ0v) is 11.9. The van der Waals surface area contributed by atoms with Gasteiger partial charge < -0.3 is 5.11 Å². The molecule has 0 amide bonds. The summed E-state index contributed by atoms with van der Waals surface area (Å²) < 4.78 is 0.971. The standard InChI is InChI=1S/C12H11BrOS2/c1-15-9-4-2-8(3-5-9)12(14)10-6-16-7-11(10)13/h2-7,12,14H,1H3. The summed E-state index contributed by atoms with van der Waals surface area (Å²) in [4.78, 5) is 1.21. The summed E-state index contributed by atoms with van der Waals surface area (Å²) in [5.74, 6) is 0. The normalized spacial score (nSPS) is 12.7. The molecule has 1 aromatic carbocycles. The summed E-state index contributed by atoms with van der Waals surface area (Å²) >= 11 is 6.73. The van der Waals surface area contributed by atoms with Crippen molar-refractivity contribution in [3.05, 3.63) is 50.6 Å². The molecule has 1 unspecified atom stereocenters. The van der Waals surface area contributed by atoms with E-state index < -0.39 is 6.10 Å². The second-order valence-corrected chi connectivity index (χ2v) is 5.83. The highest BCUT2D eigenvalue weighted by Crippen LogP contribution is 2.31. The van der Waals surface area contributed by atoms with Gasteiger partial charge in [0.15, 0.2) is 0 Å². The van der Waals surface area contributed by atoms with Gasteiger partial charge in [0.1, 0.15) is 6.10 Å². The van der Waals surface area contributed by atoms with Crippen molar-refractivity contribution in [3.8, 4) is 0 Å². The molecule has 0 bridgehead atoms. The van der Waals surface area contributed by atoms with E-state index in [1.165, 1.54) is 4.90 Å². The van der Waals surface area contributed by atoms with Crippen LogP contribution in [0, 0.1) is 0 Å². The number of rotatable bonds is 3. The Morgan fingerprint density at radius 2 is 1.94 bits per heavy atom.